The predicted molar refractivity (Wildman–Crippen MR) is 59.9 cm³/mol. The molecule has 1 nitrogen and oxygen atoms in total. The van der Waals surface area contributed by atoms with E-state index >= 15 is 0 Å². The van der Waals surface area contributed by atoms with E-state index in [1.165, 1.54) is 23.5 Å². The third kappa shape index (κ3) is 1.48. The summed E-state index contributed by atoms with van der Waals surface area (Å²) in [4.78, 5) is 10.6. The Bertz CT molecular complexity index is 478. The van der Waals surface area contributed by atoms with E-state index in [1.54, 1.807) is 5.38 Å². The molecule has 0 aliphatic carbocycles. The Labute approximate surface area is 91.7 Å². The van der Waals surface area contributed by atoms with Gasteiger partial charge in [-0.1, -0.05) is 0 Å². The topological polar surface area (TPSA) is 17.1 Å². The third-order valence-corrected chi connectivity index (χ3v) is 3.55. The van der Waals surface area contributed by atoms with E-state index in [9.17, 15) is 9.18 Å². The highest BCUT2D eigenvalue weighted by Gasteiger charge is 2.08. The summed E-state index contributed by atoms with van der Waals surface area (Å²) in [5.74, 6) is -0.254. The van der Waals surface area contributed by atoms with Crippen LogP contribution in [0.4, 0.5) is 4.39 Å². The standard InChI is InChI=1S/C9H4FIOS/c10-6-1-7(11)9-5(3-12)4-13-8(9)2-6/h1-4H. The average Bonchev–Trinajstić information content (AvgIpc) is 2.47. The van der Waals surface area contributed by atoms with Crippen molar-refractivity contribution in [3.05, 3.63) is 32.5 Å². The first kappa shape index (κ1) is 9.08. The van der Waals surface area contributed by atoms with Crippen molar-refractivity contribution in [2.45, 2.75) is 0 Å². The normalized spacial score (nSPS) is 10.6. The molecule has 0 amide bonds. The van der Waals surface area contributed by atoms with Crippen LogP contribution in [-0.2, 0) is 0 Å². The SMILES string of the molecule is O=Cc1csc2cc(F)cc(I)c12. The van der Waals surface area contributed by atoms with Gasteiger partial charge in [0.05, 0.1) is 0 Å². The summed E-state index contributed by atoms with van der Waals surface area (Å²) in [5, 5.41) is 2.61. The maximum atomic E-state index is 12.9. The molecule has 0 saturated carbocycles. The highest BCUT2D eigenvalue weighted by Crippen LogP contribution is 2.29. The van der Waals surface area contributed by atoms with Crippen LogP contribution in [0, 0.1) is 9.39 Å². The molecule has 0 aliphatic rings. The van der Waals surface area contributed by atoms with Crippen LogP contribution in [0.2, 0.25) is 0 Å². The molecule has 0 fully saturated rings. The fourth-order valence-electron chi connectivity index (χ4n) is 1.20. The molecule has 0 spiro atoms. The van der Waals surface area contributed by atoms with Gasteiger partial charge in [0, 0.05) is 24.6 Å². The predicted octanol–water partition coefficient (Wildman–Crippen LogP) is 3.46. The minimum absolute atomic E-state index is 0.254. The number of carbonyl (C=O) groups excluding carboxylic acids is 1. The fourth-order valence-corrected chi connectivity index (χ4v) is 3.23. The number of halogens is 2. The molecule has 0 unspecified atom stereocenters. The van der Waals surface area contributed by atoms with E-state index in [4.69, 9.17) is 0 Å². The maximum absolute atomic E-state index is 12.9. The lowest BCUT2D eigenvalue weighted by Crippen LogP contribution is -1.81. The highest BCUT2D eigenvalue weighted by atomic mass is 127. The molecule has 13 heavy (non-hydrogen) atoms. The zero-order chi connectivity index (χ0) is 9.42. The van der Waals surface area contributed by atoms with Crippen LogP contribution >= 0.6 is 33.9 Å². The van der Waals surface area contributed by atoms with E-state index in [1.807, 2.05) is 22.6 Å². The molecule has 2 rings (SSSR count). The molecule has 4 heteroatoms. The van der Waals surface area contributed by atoms with Crippen LogP contribution in [0.3, 0.4) is 0 Å². The molecule has 0 aliphatic heterocycles. The van der Waals surface area contributed by atoms with Gasteiger partial charge in [0.2, 0.25) is 0 Å². The number of aldehydes is 1. The quantitative estimate of drug-likeness (QED) is 0.582. The third-order valence-electron chi connectivity index (χ3n) is 1.75. The average molecular weight is 306 g/mol. The molecule has 2 aromatic rings. The Balaban J connectivity index is 2.89. The van der Waals surface area contributed by atoms with E-state index < -0.39 is 0 Å². The van der Waals surface area contributed by atoms with Gasteiger partial charge in [-0.2, -0.15) is 0 Å². The molecule has 0 bridgehead atoms. The van der Waals surface area contributed by atoms with Crippen molar-refractivity contribution in [2.75, 3.05) is 0 Å². The van der Waals surface area contributed by atoms with E-state index in [2.05, 4.69) is 0 Å². The molecule has 0 atom stereocenters. The van der Waals surface area contributed by atoms with Gasteiger partial charge in [-0.3, -0.25) is 4.79 Å². The second-order valence-corrected chi connectivity index (χ2v) is 4.64. The Kier molecular flexibility index (Phi) is 2.33. The molecular weight excluding hydrogens is 302 g/mol. The molecule has 0 saturated heterocycles. The number of benzene rings is 1. The number of hydrogen-bond acceptors (Lipinski definition) is 2. The van der Waals surface area contributed by atoms with Gasteiger partial charge in [-0.25, -0.2) is 4.39 Å². The molecule has 0 N–H and O–H groups in total. The van der Waals surface area contributed by atoms with E-state index in [-0.39, 0.29) is 5.82 Å². The minimum atomic E-state index is -0.254. The van der Waals surface area contributed by atoms with Gasteiger partial charge in [0.1, 0.15) is 5.82 Å². The number of hydrogen-bond donors (Lipinski definition) is 0. The first-order chi connectivity index (χ1) is 6.22. The van der Waals surface area contributed by atoms with Crippen molar-refractivity contribution >= 4 is 50.3 Å². The molecule has 1 heterocycles. The minimum Gasteiger partial charge on any atom is -0.298 e. The van der Waals surface area contributed by atoms with Crippen LogP contribution in [-0.4, -0.2) is 6.29 Å². The van der Waals surface area contributed by atoms with Gasteiger partial charge in [0.25, 0.3) is 0 Å². The van der Waals surface area contributed by atoms with Gasteiger partial charge < -0.3 is 0 Å². The summed E-state index contributed by atoms with van der Waals surface area (Å²) in [5.41, 5.74) is 0.643. The Morgan fingerprint density at radius 1 is 1.46 bits per heavy atom. The number of carbonyl (C=O) groups is 1. The zero-order valence-electron chi connectivity index (χ0n) is 6.38. The second kappa shape index (κ2) is 3.34. The summed E-state index contributed by atoms with van der Waals surface area (Å²) in [7, 11) is 0. The largest absolute Gasteiger partial charge is 0.298 e. The summed E-state index contributed by atoms with van der Waals surface area (Å²) in [6, 6.07) is 2.89. The molecule has 1 aromatic carbocycles. The molecule has 66 valence electrons. The van der Waals surface area contributed by atoms with Gasteiger partial charge >= 0.3 is 0 Å². The van der Waals surface area contributed by atoms with Crippen molar-refractivity contribution in [1.82, 2.24) is 0 Å². The summed E-state index contributed by atoms with van der Waals surface area (Å²) in [6.07, 6.45) is 0.804. The van der Waals surface area contributed by atoms with Crippen molar-refractivity contribution in [3.63, 3.8) is 0 Å². The van der Waals surface area contributed by atoms with Crippen molar-refractivity contribution < 1.29 is 9.18 Å². The van der Waals surface area contributed by atoms with E-state index in [0.717, 1.165) is 19.9 Å². The Morgan fingerprint density at radius 3 is 2.92 bits per heavy atom. The fraction of sp³-hybridized carbons (Fsp3) is 0. The number of fused-ring (bicyclic) bond motifs is 1. The zero-order valence-corrected chi connectivity index (χ0v) is 9.36. The monoisotopic (exact) mass is 306 g/mol. The first-order valence-electron chi connectivity index (χ1n) is 3.54. The Morgan fingerprint density at radius 2 is 2.23 bits per heavy atom. The molecule has 0 radical (unpaired) electrons. The highest BCUT2D eigenvalue weighted by molar-refractivity contribution is 14.1. The lowest BCUT2D eigenvalue weighted by molar-refractivity contribution is 0.112. The van der Waals surface area contributed by atoms with Crippen molar-refractivity contribution in [2.24, 2.45) is 0 Å². The second-order valence-electron chi connectivity index (χ2n) is 2.57. The van der Waals surface area contributed by atoms with E-state index in [0.29, 0.717) is 5.56 Å². The lowest BCUT2D eigenvalue weighted by atomic mass is 10.2. The number of thiophene rings is 1. The van der Waals surface area contributed by atoms with Gasteiger partial charge in [0.15, 0.2) is 6.29 Å². The molecule has 1 aromatic heterocycles. The van der Waals surface area contributed by atoms with Crippen LogP contribution in [0.5, 0.6) is 0 Å². The number of rotatable bonds is 1. The van der Waals surface area contributed by atoms with Gasteiger partial charge in [-0.05, 0) is 34.7 Å². The summed E-state index contributed by atoms with van der Waals surface area (Å²) >= 11 is 3.43. The van der Waals surface area contributed by atoms with Gasteiger partial charge in [-0.15, -0.1) is 11.3 Å². The summed E-state index contributed by atoms with van der Waals surface area (Å²) in [6.45, 7) is 0. The van der Waals surface area contributed by atoms with Crippen LogP contribution in [0.25, 0.3) is 10.1 Å². The van der Waals surface area contributed by atoms with Crippen LogP contribution < -0.4 is 0 Å². The Hall–Kier alpha value is -0.490. The molecular formula is C9H4FIOS. The van der Waals surface area contributed by atoms with Crippen LogP contribution in [0.15, 0.2) is 17.5 Å². The van der Waals surface area contributed by atoms with Crippen molar-refractivity contribution in [1.29, 1.82) is 0 Å². The van der Waals surface area contributed by atoms with Crippen molar-refractivity contribution in [3.8, 4) is 0 Å². The maximum Gasteiger partial charge on any atom is 0.151 e. The smallest absolute Gasteiger partial charge is 0.151 e. The summed E-state index contributed by atoms with van der Waals surface area (Å²) < 4.78 is 14.5. The lowest BCUT2D eigenvalue weighted by Gasteiger charge is -1.95. The van der Waals surface area contributed by atoms with Crippen LogP contribution in [0.1, 0.15) is 10.4 Å². The first-order valence-corrected chi connectivity index (χ1v) is 5.49.